The summed E-state index contributed by atoms with van der Waals surface area (Å²) in [6.07, 6.45) is 3.53. The molecule has 0 aliphatic carbocycles. The van der Waals surface area contributed by atoms with Crippen LogP contribution in [0.25, 0.3) is 0 Å². The van der Waals surface area contributed by atoms with Crippen molar-refractivity contribution in [3.63, 3.8) is 0 Å². The third-order valence-electron chi connectivity index (χ3n) is 3.53. The van der Waals surface area contributed by atoms with Gasteiger partial charge in [0.1, 0.15) is 6.61 Å². The van der Waals surface area contributed by atoms with Crippen molar-refractivity contribution in [3.8, 4) is 5.75 Å². The first kappa shape index (κ1) is 15.5. The molecule has 0 aliphatic heterocycles. The molecule has 5 heteroatoms. The highest BCUT2D eigenvalue weighted by atomic mass is 19.1. The van der Waals surface area contributed by atoms with Crippen LogP contribution in [0.5, 0.6) is 5.75 Å². The van der Waals surface area contributed by atoms with Gasteiger partial charge in [-0.3, -0.25) is 4.68 Å². The summed E-state index contributed by atoms with van der Waals surface area (Å²) >= 11 is 0. The molecule has 4 nitrogen and oxygen atoms in total. The zero-order valence-electron chi connectivity index (χ0n) is 12.6. The number of para-hydroxylation sites is 1. The molecule has 0 spiro atoms. The minimum absolute atomic E-state index is 0.252. The van der Waals surface area contributed by atoms with Gasteiger partial charge in [-0.05, 0) is 44.0 Å². The summed E-state index contributed by atoms with van der Waals surface area (Å²) in [5.74, 6) is -0.0802. The molecule has 114 valence electrons. The smallest absolute Gasteiger partial charge is 0.165 e. The lowest BCUT2D eigenvalue weighted by atomic mass is 10.1. The quantitative estimate of drug-likeness (QED) is 0.853. The van der Waals surface area contributed by atoms with Crippen molar-refractivity contribution in [1.29, 1.82) is 0 Å². The molecule has 1 unspecified atom stereocenters. The van der Waals surface area contributed by atoms with Gasteiger partial charge >= 0.3 is 0 Å². The molecule has 1 heterocycles. The van der Waals surface area contributed by atoms with Crippen molar-refractivity contribution in [3.05, 3.63) is 47.5 Å². The van der Waals surface area contributed by atoms with Crippen molar-refractivity contribution in [2.45, 2.75) is 39.3 Å². The van der Waals surface area contributed by atoms with Gasteiger partial charge in [0.2, 0.25) is 0 Å². The van der Waals surface area contributed by atoms with Gasteiger partial charge in [0.15, 0.2) is 11.6 Å². The van der Waals surface area contributed by atoms with Crippen molar-refractivity contribution in [1.82, 2.24) is 9.78 Å². The van der Waals surface area contributed by atoms with Crippen LogP contribution < -0.4 is 10.5 Å². The minimum Gasteiger partial charge on any atom is -0.484 e. The predicted octanol–water partition coefficient (Wildman–Crippen LogP) is 3.07. The fraction of sp³-hybridized carbons (Fsp3) is 0.438. The first-order valence-corrected chi connectivity index (χ1v) is 7.30. The zero-order valence-corrected chi connectivity index (χ0v) is 12.6. The van der Waals surface area contributed by atoms with Gasteiger partial charge < -0.3 is 10.5 Å². The fourth-order valence-corrected chi connectivity index (χ4v) is 2.10. The number of rotatable bonds is 7. The molecular weight excluding hydrogens is 269 g/mol. The van der Waals surface area contributed by atoms with Crippen LogP contribution in [-0.4, -0.2) is 16.3 Å². The van der Waals surface area contributed by atoms with Gasteiger partial charge in [-0.15, -0.1) is 0 Å². The Morgan fingerprint density at radius 1 is 1.38 bits per heavy atom. The third kappa shape index (κ3) is 3.82. The van der Waals surface area contributed by atoms with E-state index in [1.807, 2.05) is 23.0 Å². The Morgan fingerprint density at radius 3 is 2.90 bits per heavy atom. The Balaban J connectivity index is 2.07. The van der Waals surface area contributed by atoms with E-state index in [1.54, 1.807) is 6.07 Å². The van der Waals surface area contributed by atoms with Crippen molar-refractivity contribution in [2.24, 2.45) is 5.73 Å². The topological polar surface area (TPSA) is 53.1 Å². The Kier molecular flexibility index (Phi) is 5.33. The minimum atomic E-state index is -0.359. The lowest BCUT2D eigenvalue weighted by Crippen LogP contribution is -2.08. The van der Waals surface area contributed by atoms with E-state index in [9.17, 15) is 4.39 Å². The summed E-state index contributed by atoms with van der Waals surface area (Å²) < 4.78 is 21.4. The number of ether oxygens (including phenoxy) is 1. The van der Waals surface area contributed by atoms with Gasteiger partial charge in [0.05, 0.1) is 5.69 Å². The van der Waals surface area contributed by atoms with Crippen LogP contribution in [0.1, 0.15) is 37.6 Å². The first-order valence-electron chi connectivity index (χ1n) is 7.30. The number of nitrogens with two attached hydrogens (primary N) is 1. The van der Waals surface area contributed by atoms with E-state index in [0.29, 0.717) is 19.0 Å². The summed E-state index contributed by atoms with van der Waals surface area (Å²) in [4.78, 5) is 0. The number of halogens is 1. The fourth-order valence-electron chi connectivity index (χ4n) is 2.10. The Morgan fingerprint density at radius 2 is 2.19 bits per heavy atom. The largest absolute Gasteiger partial charge is 0.484 e. The molecule has 0 amide bonds. The normalized spacial score (nSPS) is 12.4. The summed E-state index contributed by atoms with van der Waals surface area (Å²) in [5, 5.41) is 4.45. The van der Waals surface area contributed by atoms with Crippen LogP contribution in [0.3, 0.4) is 0 Å². The summed E-state index contributed by atoms with van der Waals surface area (Å²) in [5.41, 5.74) is 7.12. The SMILES string of the molecule is CCC(C)n1ccc(COc2c(F)cccc2CCN)n1. The van der Waals surface area contributed by atoms with Gasteiger partial charge in [-0.2, -0.15) is 5.10 Å². The molecule has 1 aromatic carbocycles. The van der Waals surface area contributed by atoms with E-state index in [4.69, 9.17) is 10.5 Å². The van der Waals surface area contributed by atoms with Gasteiger partial charge in [0, 0.05) is 12.2 Å². The van der Waals surface area contributed by atoms with Crippen molar-refractivity contribution < 1.29 is 9.13 Å². The molecule has 1 atom stereocenters. The first-order chi connectivity index (χ1) is 10.2. The molecule has 1 aromatic heterocycles. The number of nitrogens with zero attached hydrogens (tertiary/aromatic N) is 2. The monoisotopic (exact) mass is 291 g/mol. The molecule has 2 N–H and O–H groups in total. The van der Waals surface area contributed by atoms with Crippen LogP contribution in [0.4, 0.5) is 4.39 Å². The second-order valence-corrected chi connectivity index (χ2v) is 5.10. The maximum Gasteiger partial charge on any atom is 0.165 e. The molecule has 0 aliphatic rings. The molecule has 2 aromatic rings. The predicted molar refractivity (Wildman–Crippen MR) is 80.7 cm³/mol. The van der Waals surface area contributed by atoms with Gasteiger partial charge in [-0.1, -0.05) is 19.1 Å². The molecule has 0 saturated carbocycles. The van der Waals surface area contributed by atoms with Crippen LogP contribution >= 0.6 is 0 Å². The van der Waals surface area contributed by atoms with E-state index >= 15 is 0 Å². The standard InChI is InChI=1S/C16H22FN3O/c1-3-12(2)20-10-8-14(19-20)11-21-16-13(7-9-18)5-4-6-15(16)17/h4-6,8,10,12H,3,7,9,11,18H2,1-2H3. The molecule has 0 radical (unpaired) electrons. The second kappa shape index (κ2) is 7.22. The second-order valence-electron chi connectivity index (χ2n) is 5.10. The van der Waals surface area contributed by atoms with Crippen LogP contribution in [0.15, 0.2) is 30.5 Å². The molecule has 0 fully saturated rings. The lowest BCUT2D eigenvalue weighted by Gasteiger charge is -2.11. The summed E-state index contributed by atoms with van der Waals surface area (Å²) in [7, 11) is 0. The van der Waals surface area contributed by atoms with Crippen LogP contribution in [0.2, 0.25) is 0 Å². The van der Waals surface area contributed by atoms with E-state index in [1.165, 1.54) is 6.07 Å². The Labute approximate surface area is 124 Å². The number of hydrogen-bond donors (Lipinski definition) is 1. The molecule has 21 heavy (non-hydrogen) atoms. The van der Waals surface area contributed by atoms with Crippen molar-refractivity contribution in [2.75, 3.05) is 6.54 Å². The number of benzene rings is 1. The highest BCUT2D eigenvalue weighted by Crippen LogP contribution is 2.24. The average molecular weight is 291 g/mol. The maximum absolute atomic E-state index is 13.9. The van der Waals surface area contributed by atoms with Crippen LogP contribution in [-0.2, 0) is 13.0 Å². The average Bonchev–Trinajstić information content (AvgIpc) is 2.95. The zero-order chi connectivity index (χ0) is 15.2. The van der Waals surface area contributed by atoms with E-state index < -0.39 is 0 Å². The van der Waals surface area contributed by atoms with E-state index in [0.717, 1.165) is 17.7 Å². The molecular formula is C16H22FN3O. The van der Waals surface area contributed by atoms with Gasteiger partial charge in [0.25, 0.3) is 0 Å². The Hall–Kier alpha value is -1.88. The highest BCUT2D eigenvalue weighted by Gasteiger charge is 2.11. The molecule has 2 rings (SSSR count). The molecule has 0 bridgehead atoms. The lowest BCUT2D eigenvalue weighted by molar-refractivity contribution is 0.280. The van der Waals surface area contributed by atoms with E-state index in [2.05, 4.69) is 18.9 Å². The highest BCUT2D eigenvalue weighted by molar-refractivity contribution is 5.35. The maximum atomic E-state index is 13.9. The Bertz CT molecular complexity index is 583. The number of aromatic nitrogens is 2. The summed E-state index contributed by atoms with van der Waals surface area (Å²) in [6, 6.07) is 7.15. The van der Waals surface area contributed by atoms with Gasteiger partial charge in [-0.25, -0.2) is 4.39 Å². The van der Waals surface area contributed by atoms with Crippen molar-refractivity contribution >= 4 is 0 Å². The third-order valence-corrected chi connectivity index (χ3v) is 3.53. The van der Waals surface area contributed by atoms with E-state index in [-0.39, 0.29) is 18.2 Å². The number of hydrogen-bond acceptors (Lipinski definition) is 3. The molecule has 0 saturated heterocycles. The summed E-state index contributed by atoms with van der Waals surface area (Å²) in [6.45, 7) is 4.93. The van der Waals surface area contributed by atoms with Crippen LogP contribution in [0, 0.1) is 5.82 Å².